The Morgan fingerprint density at radius 2 is 2.20 bits per heavy atom. The minimum atomic E-state index is -3.76. The highest BCUT2D eigenvalue weighted by molar-refractivity contribution is 7.89. The number of aliphatic hydroxyl groups excluding tert-OH is 1. The number of benzene rings is 1. The number of ether oxygens (including phenoxy) is 1. The van der Waals surface area contributed by atoms with Gasteiger partial charge in [-0.3, -0.25) is 0 Å². The smallest absolute Gasteiger partial charge is 0.240 e. The van der Waals surface area contributed by atoms with Crippen LogP contribution < -0.4 is 4.72 Å². The van der Waals surface area contributed by atoms with Gasteiger partial charge in [-0.05, 0) is 18.2 Å². The van der Waals surface area contributed by atoms with Crippen LogP contribution in [0, 0.1) is 17.7 Å². The first-order chi connectivity index (χ1) is 9.51. The zero-order valence-electron chi connectivity index (χ0n) is 11.0. The highest BCUT2D eigenvalue weighted by atomic mass is 32.2. The first-order valence-electron chi connectivity index (χ1n) is 5.89. The van der Waals surface area contributed by atoms with Gasteiger partial charge in [-0.15, -0.1) is 0 Å². The van der Waals surface area contributed by atoms with E-state index in [9.17, 15) is 12.8 Å². The van der Waals surface area contributed by atoms with Crippen molar-refractivity contribution in [3.63, 3.8) is 0 Å². The number of rotatable bonds is 6. The Morgan fingerprint density at radius 3 is 2.80 bits per heavy atom. The van der Waals surface area contributed by atoms with Gasteiger partial charge >= 0.3 is 0 Å². The van der Waals surface area contributed by atoms with Gasteiger partial charge in [0.1, 0.15) is 5.82 Å². The van der Waals surface area contributed by atoms with Crippen molar-refractivity contribution in [3.05, 3.63) is 29.6 Å². The van der Waals surface area contributed by atoms with E-state index in [0.717, 1.165) is 6.07 Å². The summed E-state index contributed by atoms with van der Waals surface area (Å²) in [5.74, 6) is 4.38. The largest absolute Gasteiger partial charge is 0.395 e. The minimum absolute atomic E-state index is 0.0919. The molecule has 0 radical (unpaired) electrons. The summed E-state index contributed by atoms with van der Waals surface area (Å²) in [4.78, 5) is -0.168. The summed E-state index contributed by atoms with van der Waals surface area (Å²) in [6.07, 6.45) is 0.234. The molecule has 0 spiro atoms. The number of halogens is 1. The molecule has 7 heteroatoms. The van der Waals surface area contributed by atoms with Crippen molar-refractivity contribution >= 4 is 10.0 Å². The van der Waals surface area contributed by atoms with E-state index in [2.05, 4.69) is 16.6 Å². The Morgan fingerprint density at radius 1 is 1.45 bits per heavy atom. The number of nitrogens with one attached hydrogen (secondary N) is 1. The molecule has 5 nitrogen and oxygen atoms in total. The molecule has 0 saturated carbocycles. The van der Waals surface area contributed by atoms with E-state index in [1.165, 1.54) is 19.2 Å². The molecule has 1 rings (SSSR count). The lowest BCUT2D eigenvalue weighted by atomic mass is 10.2. The van der Waals surface area contributed by atoms with Crippen molar-refractivity contribution in [3.8, 4) is 11.8 Å². The van der Waals surface area contributed by atoms with Crippen molar-refractivity contribution in [1.29, 1.82) is 0 Å². The standard InChI is InChI=1S/C13H16FNO4S/c1-19-9-7-15-20(17,18)12-6-5-11(13(14)10-12)4-2-3-8-16/h5-6,10,15-16H,3,7-9H2,1H3. The molecule has 0 amide bonds. The second-order valence-corrected chi connectivity index (χ2v) is 5.57. The minimum Gasteiger partial charge on any atom is -0.395 e. The molecule has 0 atom stereocenters. The SMILES string of the molecule is COCCNS(=O)(=O)c1ccc(C#CCCO)c(F)c1. The van der Waals surface area contributed by atoms with Gasteiger partial charge in [0.05, 0.1) is 23.7 Å². The fraction of sp³-hybridized carbons (Fsp3) is 0.385. The highest BCUT2D eigenvalue weighted by Crippen LogP contribution is 2.14. The number of aliphatic hydroxyl groups is 1. The number of hydrogen-bond donors (Lipinski definition) is 2. The Balaban J connectivity index is 2.89. The average molecular weight is 301 g/mol. The molecule has 0 bridgehead atoms. The number of sulfonamides is 1. The molecule has 0 heterocycles. The predicted octanol–water partition coefficient (Wildman–Crippen LogP) is 0.484. The van der Waals surface area contributed by atoms with Crippen molar-refractivity contribution < 1.29 is 22.7 Å². The van der Waals surface area contributed by atoms with Gasteiger partial charge in [-0.1, -0.05) is 11.8 Å². The van der Waals surface area contributed by atoms with Gasteiger partial charge in [-0.2, -0.15) is 0 Å². The van der Waals surface area contributed by atoms with Crippen LogP contribution in [0.3, 0.4) is 0 Å². The summed E-state index contributed by atoms with van der Waals surface area (Å²) < 4.78 is 44.4. The first-order valence-corrected chi connectivity index (χ1v) is 7.37. The Bertz CT molecular complexity index is 605. The molecule has 20 heavy (non-hydrogen) atoms. The lowest BCUT2D eigenvalue weighted by molar-refractivity contribution is 0.204. The quantitative estimate of drug-likeness (QED) is 0.592. The highest BCUT2D eigenvalue weighted by Gasteiger charge is 2.15. The van der Waals surface area contributed by atoms with Crippen LogP contribution in [0.25, 0.3) is 0 Å². The van der Waals surface area contributed by atoms with Gasteiger partial charge in [0.25, 0.3) is 0 Å². The second-order valence-electron chi connectivity index (χ2n) is 3.81. The van der Waals surface area contributed by atoms with Crippen LogP contribution in [0.1, 0.15) is 12.0 Å². The van der Waals surface area contributed by atoms with Crippen LogP contribution in [0.4, 0.5) is 4.39 Å². The van der Waals surface area contributed by atoms with E-state index in [4.69, 9.17) is 9.84 Å². The van der Waals surface area contributed by atoms with Crippen LogP contribution in [0.5, 0.6) is 0 Å². The Kier molecular flexibility index (Phi) is 6.61. The summed E-state index contributed by atoms with van der Waals surface area (Å²) >= 11 is 0. The molecule has 0 aliphatic carbocycles. The predicted molar refractivity (Wildman–Crippen MR) is 72.0 cm³/mol. The first kappa shape index (κ1) is 16.6. The maximum atomic E-state index is 13.7. The van der Waals surface area contributed by atoms with Crippen LogP contribution >= 0.6 is 0 Å². The summed E-state index contributed by atoms with van der Waals surface area (Å²) in [5.41, 5.74) is 0.0919. The van der Waals surface area contributed by atoms with Crippen LogP contribution in [0.15, 0.2) is 23.1 Å². The lowest BCUT2D eigenvalue weighted by Crippen LogP contribution is -2.27. The third kappa shape index (κ3) is 4.90. The van der Waals surface area contributed by atoms with Gasteiger partial charge in [0.2, 0.25) is 10.0 Å². The summed E-state index contributed by atoms with van der Waals surface area (Å²) in [5, 5.41) is 8.57. The Labute approximate surface area is 117 Å². The van der Waals surface area contributed by atoms with Crippen molar-refractivity contribution in [2.75, 3.05) is 26.9 Å². The third-order valence-corrected chi connectivity index (χ3v) is 3.77. The molecular formula is C13H16FNO4S. The molecule has 1 aromatic carbocycles. The van der Waals surface area contributed by atoms with Gasteiger partial charge in [0.15, 0.2) is 0 Å². The van der Waals surface area contributed by atoms with Crippen molar-refractivity contribution in [2.24, 2.45) is 0 Å². The van der Waals surface area contributed by atoms with Gasteiger partial charge in [-0.25, -0.2) is 17.5 Å². The van der Waals surface area contributed by atoms with Crippen LogP contribution in [-0.2, 0) is 14.8 Å². The monoisotopic (exact) mass is 301 g/mol. The zero-order chi connectivity index (χ0) is 15.0. The molecule has 0 aliphatic heterocycles. The topological polar surface area (TPSA) is 75.6 Å². The van der Waals surface area contributed by atoms with E-state index < -0.39 is 15.8 Å². The summed E-state index contributed by atoms with van der Waals surface area (Å²) in [6, 6.07) is 3.49. The molecule has 0 saturated heterocycles. The van der Waals surface area contributed by atoms with Gasteiger partial charge < -0.3 is 9.84 Å². The average Bonchev–Trinajstić information content (AvgIpc) is 2.41. The van der Waals surface area contributed by atoms with E-state index in [-0.39, 0.29) is 36.6 Å². The van der Waals surface area contributed by atoms with Crippen molar-refractivity contribution in [1.82, 2.24) is 4.72 Å². The molecule has 1 aromatic rings. The van der Waals surface area contributed by atoms with Crippen LogP contribution in [0.2, 0.25) is 0 Å². The van der Waals surface area contributed by atoms with E-state index in [1.807, 2.05) is 0 Å². The van der Waals surface area contributed by atoms with E-state index >= 15 is 0 Å². The maximum absolute atomic E-state index is 13.7. The zero-order valence-corrected chi connectivity index (χ0v) is 11.8. The van der Waals surface area contributed by atoms with Crippen LogP contribution in [-0.4, -0.2) is 40.4 Å². The van der Waals surface area contributed by atoms with E-state index in [0.29, 0.717) is 0 Å². The van der Waals surface area contributed by atoms with Crippen molar-refractivity contribution in [2.45, 2.75) is 11.3 Å². The number of methoxy groups -OCH3 is 1. The summed E-state index contributed by atoms with van der Waals surface area (Å²) in [6.45, 7) is 0.232. The molecule has 0 unspecified atom stereocenters. The van der Waals surface area contributed by atoms with Gasteiger partial charge in [0, 0.05) is 20.1 Å². The molecule has 2 N–H and O–H groups in total. The maximum Gasteiger partial charge on any atom is 0.240 e. The lowest BCUT2D eigenvalue weighted by Gasteiger charge is -2.06. The molecular weight excluding hydrogens is 285 g/mol. The summed E-state index contributed by atoms with van der Waals surface area (Å²) in [7, 11) is -2.30. The fourth-order valence-electron chi connectivity index (χ4n) is 1.34. The molecule has 0 aliphatic rings. The normalized spacial score (nSPS) is 10.9. The fourth-order valence-corrected chi connectivity index (χ4v) is 2.36. The third-order valence-electron chi connectivity index (χ3n) is 2.31. The molecule has 0 fully saturated rings. The molecule has 110 valence electrons. The second kappa shape index (κ2) is 7.97. The Hall–Kier alpha value is -1.46. The van der Waals surface area contributed by atoms with E-state index in [1.54, 1.807) is 0 Å². The number of hydrogen-bond acceptors (Lipinski definition) is 4. The molecule has 0 aromatic heterocycles.